The molecule has 1 atom stereocenters. The Morgan fingerprint density at radius 2 is 2.10 bits per heavy atom. The van der Waals surface area contributed by atoms with Gasteiger partial charge < -0.3 is 10.2 Å². The van der Waals surface area contributed by atoms with Gasteiger partial charge in [-0.1, -0.05) is 30.3 Å². The van der Waals surface area contributed by atoms with Crippen LogP contribution < -0.4 is 5.32 Å². The molecule has 1 fully saturated rings. The van der Waals surface area contributed by atoms with Crippen LogP contribution in [0.25, 0.3) is 11.1 Å². The number of amides is 1. The third-order valence-electron chi connectivity index (χ3n) is 3.85. The van der Waals surface area contributed by atoms with Crippen LogP contribution in [0.5, 0.6) is 0 Å². The summed E-state index contributed by atoms with van der Waals surface area (Å²) in [6, 6.07) is 12.5. The van der Waals surface area contributed by atoms with Gasteiger partial charge in [0.25, 0.3) is 5.91 Å². The second-order valence-electron chi connectivity index (χ2n) is 5.09. The maximum atomic E-state index is 12.7. The Morgan fingerprint density at radius 3 is 2.80 bits per heavy atom. The first-order chi connectivity index (χ1) is 9.77. The molecule has 1 aliphatic rings. The minimum absolute atomic E-state index is 0.132. The van der Waals surface area contributed by atoms with Gasteiger partial charge in [0.05, 0.1) is 4.88 Å². The normalized spacial score (nSPS) is 18.1. The van der Waals surface area contributed by atoms with E-state index in [4.69, 9.17) is 0 Å². The van der Waals surface area contributed by atoms with Crippen LogP contribution in [0.1, 0.15) is 16.1 Å². The van der Waals surface area contributed by atoms with Crippen molar-refractivity contribution in [2.75, 3.05) is 20.1 Å². The van der Waals surface area contributed by atoms with Gasteiger partial charge in [0.15, 0.2) is 0 Å². The minimum Gasteiger partial charge on any atom is -0.337 e. The molecule has 0 radical (unpaired) electrons. The van der Waals surface area contributed by atoms with Gasteiger partial charge in [-0.25, -0.2) is 0 Å². The SMILES string of the molecule is CN(C(=O)c1sccc1-c1ccccc1)C1CCNC1. The predicted octanol–water partition coefficient (Wildman–Crippen LogP) is 2.85. The van der Waals surface area contributed by atoms with Gasteiger partial charge in [0.2, 0.25) is 0 Å². The lowest BCUT2D eigenvalue weighted by Gasteiger charge is -2.23. The molecule has 0 bridgehead atoms. The van der Waals surface area contributed by atoms with E-state index in [1.807, 2.05) is 41.6 Å². The van der Waals surface area contributed by atoms with E-state index in [1.54, 1.807) is 0 Å². The maximum absolute atomic E-state index is 12.7. The van der Waals surface area contributed by atoms with Crippen molar-refractivity contribution in [1.29, 1.82) is 0 Å². The average Bonchev–Trinajstić information content (AvgIpc) is 3.17. The summed E-state index contributed by atoms with van der Waals surface area (Å²) in [7, 11) is 1.91. The molecule has 0 saturated carbocycles. The second-order valence-corrected chi connectivity index (χ2v) is 6.01. The summed E-state index contributed by atoms with van der Waals surface area (Å²) in [5.74, 6) is 0.132. The summed E-state index contributed by atoms with van der Waals surface area (Å²) in [4.78, 5) is 15.4. The van der Waals surface area contributed by atoms with Crippen LogP contribution in [-0.4, -0.2) is 37.0 Å². The smallest absolute Gasteiger partial charge is 0.264 e. The first-order valence-electron chi connectivity index (χ1n) is 6.88. The zero-order valence-electron chi connectivity index (χ0n) is 11.5. The van der Waals surface area contributed by atoms with Gasteiger partial charge in [-0.2, -0.15) is 0 Å². The van der Waals surface area contributed by atoms with Gasteiger partial charge in [0, 0.05) is 25.2 Å². The first kappa shape index (κ1) is 13.3. The van der Waals surface area contributed by atoms with E-state index in [-0.39, 0.29) is 5.91 Å². The molecule has 3 rings (SSSR count). The number of hydrogen-bond acceptors (Lipinski definition) is 3. The van der Waals surface area contributed by atoms with Crippen molar-refractivity contribution in [2.24, 2.45) is 0 Å². The fraction of sp³-hybridized carbons (Fsp3) is 0.312. The molecule has 1 N–H and O–H groups in total. The van der Waals surface area contributed by atoms with E-state index in [0.717, 1.165) is 35.5 Å². The fourth-order valence-electron chi connectivity index (χ4n) is 2.62. The van der Waals surface area contributed by atoms with Crippen LogP contribution in [0.3, 0.4) is 0 Å². The zero-order valence-corrected chi connectivity index (χ0v) is 12.3. The van der Waals surface area contributed by atoms with Crippen molar-refractivity contribution in [1.82, 2.24) is 10.2 Å². The molecule has 3 nitrogen and oxygen atoms in total. The third kappa shape index (κ3) is 2.49. The van der Waals surface area contributed by atoms with E-state index in [2.05, 4.69) is 17.4 Å². The number of hydrogen-bond donors (Lipinski definition) is 1. The molecule has 4 heteroatoms. The topological polar surface area (TPSA) is 32.3 Å². The Labute approximate surface area is 123 Å². The molecule has 1 amide bonds. The van der Waals surface area contributed by atoms with Gasteiger partial charge in [-0.05, 0) is 30.0 Å². The summed E-state index contributed by atoms with van der Waals surface area (Å²) in [6.45, 7) is 1.90. The minimum atomic E-state index is 0.132. The highest BCUT2D eigenvalue weighted by molar-refractivity contribution is 7.12. The Morgan fingerprint density at radius 1 is 1.30 bits per heavy atom. The lowest BCUT2D eigenvalue weighted by molar-refractivity contribution is 0.0749. The highest BCUT2D eigenvalue weighted by atomic mass is 32.1. The Hall–Kier alpha value is -1.65. The van der Waals surface area contributed by atoms with Crippen LogP contribution in [-0.2, 0) is 0 Å². The van der Waals surface area contributed by atoms with E-state index < -0.39 is 0 Å². The number of nitrogens with one attached hydrogen (secondary N) is 1. The third-order valence-corrected chi connectivity index (χ3v) is 4.75. The molecule has 0 spiro atoms. The molecule has 20 heavy (non-hydrogen) atoms. The van der Waals surface area contributed by atoms with Gasteiger partial charge in [-0.15, -0.1) is 11.3 Å². The number of likely N-dealkylation sites (N-methyl/N-ethyl adjacent to an activating group) is 1. The Balaban J connectivity index is 1.87. The highest BCUT2D eigenvalue weighted by Gasteiger charge is 2.26. The number of nitrogens with zero attached hydrogens (tertiary/aromatic N) is 1. The van der Waals surface area contributed by atoms with E-state index in [1.165, 1.54) is 11.3 Å². The van der Waals surface area contributed by atoms with E-state index >= 15 is 0 Å². The molecule has 1 aromatic heterocycles. The van der Waals surface area contributed by atoms with Crippen LogP contribution in [0.4, 0.5) is 0 Å². The van der Waals surface area contributed by atoms with Crippen molar-refractivity contribution < 1.29 is 4.79 Å². The summed E-state index contributed by atoms with van der Waals surface area (Å²) in [5, 5.41) is 5.31. The van der Waals surface area contributed by atoms with Gasteiger partial charge in [-0.3, -0.25) is 4.79 Å². The second kappa shape index (κ2) is 5.77. The largest absolute Gasteiger partial charge is 0.337 e. The quantitative estimate of drug-likeness (QED) is 0.941. The number of carbonyl (C=O) groups is 1. The molecule has 1 aromatic carbocycles. The number of rotatable bonds is 3. The van der Waals surface area contributed by atoms with Crippen molar-refractivity contribution in [2.45, 2.75) is 12.5 Å². The Kier molecular flexibility index (Phi) is 3.85. The molecular formula is C16H18N2OS. The standard InChI is InChI=1S/C16H18N2OS/c1-18(13-7-9-17-11-13)16(19)15-14(8-10-20-15)12-5-3-2-4-6-12/h2-6,8,10,13,17H,7,9,11H2,1H3. The Bertz CT molecular complexity index is 588. The summed E-state index contributed by atoms with van der Waals surface area (Å²) in [6.07, 6.45) is 1.04. The molecule has 1 aliphatic heterocycles. The van der Waals surface area contributed by atoms with Gasteiger partial charge >= 0.3 is 0 Å². The molecule has 104 valence electrons. The highest BCUT2D eigenvalue weighted by Crippen LogP contribution is 2.29. The number of thiophene rings is 1. The first-order valence-corrected chi connectivity index (χ1v) is 7.76. The van der Waals surface area contributed by atoms with Crippen molar-refractivity contribution in [3.8, 4) is 11.1 Å². The lowest BCUT2D eigenvalue weighted by Crippen LogP contribution is -2.38. The number of benzene rings is 1. The molecule has 2 heterocycles. The molecule has 1 saturated heterocycles. The van der Waals surface area contributed by atoms with Crippen LogP contribution >= 0.6 is 11.3 Å². The fourth-order valence-corrected chi connectivity index (χ4v) is 3.51. The van der Waals surface area contributed by atoms with Crippen molar-refractivity contribution in [3.63, 3.8) is 0 Å². The van der Waals surface area contributed by atoms with Gasteiger partial charge in [0.1, 0.15) is 0 Å². The number of carbonyl (C=O) groups excluding carboxylic acids is 1. The van der Waals surface area contributed by atoms with E-state index in [9.17, 15) is 4.79 Å². The summed E-state index contributed by atoms with van der Waals surface area (Å²) < 4.78 is 0. The molecule has 2 aromatic rings. The molecular weight excluding hydrogens is 268 g/mol. The summed E-state index contributed by atoms with van der Waals surface area (Å²) in [5.41, 5.74) is 2.15. The molecule has 0 aliphatic carbocycles. The zero-order chi connectivity index (χ0) is 13.9. The van der Waals surface area contributed by atoms with Crippen molar-refractivity contribution >= 4 is 17.2 Å². The van der Waals surface area contributed by atoms with Crippen LogP contribution in [0, 0.1) is 0 Å². The predicted molar refractivity (Wildman–Crippen MR) is 83.1 cm³/mol. The molecule has 1 unspecified atom stereocenters. The van der Waals surface area contributed by atoms with Crippen molar-refractivity contribution in [3.05, 3.63) is 46.7 Å². The lowest BCUT2D eigenvalue weighted by atomic mass is 10.1. The summed E-state index contributed by atoms with van der Waals surface area (Å²) >= 11 is 1.53. The monoisotopic (exact) mass is 286 g/mol. The maximum Gasteiger partial charge on any atom is 0.264 e. The average molecular weight is 286 g/mol. The van der Waals surface area contributed by atoms with Crippen LogP contribution in [0.15, 0.2) is 41.8 Å². The van der Waals surface area contributed by atoms with E-state index in [0.29, 0.717) is 6.04 Å². The van der Waals surface area contributed by atoms with Crippen LogP contribution in [0.2, 0.25) is 0 Å².